The van der Waals surface area contributed by atoms with Gasteiger partial charge in [0.25, 0.3) is 0 Å². The van der Waals surface area contributed by atoms with Crippen molar-refractivity contribution in [2.45, 2.75) is 37.1 Å². The van der Waals surface area contributed by atoms with Crippen molar-refractivity contribution in [2.75, 3.05) is 0 Å². The predicted octanol–water partition coefficient (Wildman–Crippen LogP) is 4.17. The van der Waals surface area contributed by atoms with E-state index in [0.29, 0.717) is 18.9 Å². The topological polar surface area (TPSA) is 29.1 Å². The largest absolute Gasteiger partial charge is 0.353 e. The Morgan fingerprint density at radius 2 is 1.68 bits per heavy atom. The number of nitrogens with one attached hydrogen (secondary N) is 1. The third kappa shape index (κ3) is 4.35. The lowest BCUT2D eigenvalue weighted by atomic mass is 10.0. The fourth-order valence-corrected chi connectivity index (χ4v) is 2.83. The molecule has 1 unspecified atom stereocenters. The van der Waals surface area contributed by atoms with Gasteiger partial charge >= 0.3 is 0 Å². The molecule has 1 fully saturated rings. The van der Waals surface area contributed by atoms with Crippen LogP contribution in [0.2, 0.25) is 0 Å². The highest BCUT2D eigenvalue weighted by atomic mass is 35.5. The SMILES string of the molecule is O=C(CC(Cl)Cc1ccc(-c2ccccc2)cc1)NC1CC1. The molecule has 0 saturated heterocycles. The van der Waals surface area contributed by atoms with Crippen LogP contribution >= 0.6 is 11.6 Å². The first-order valence-corrected chi connectivity index (χ1v) is 8.22. The number of hydrogen-bond acceptors (Lipinski definition) is 1. The van der Waals surface area contributed by atoms with Gasteiger partial charge in [0.2, 0.25) is 5.91 Å². The minimum atomic E-state index is -0.152. The van der Waals surface area contributed by atoms with E-state index in [1.54, 1.807) is 0 Å². The Morgan fingerprint density at radius 3 is 2.32 bits per heavy atom. The molecule has 0 aromatic heterocycles. The van der Waals surface area contributed by atoms with E-state index in [-0.39, 0.29) is 11.3 Å². The Balaban J connectivity index is 1.55. The van der Waals surface area contributed by atoms with Gasteiger partial charge in [-0.1, -0.05) is 54.6 Å². The molecule has 0 aliphatic heterocycles. The molecule has 0 spiro atoms. The molecule has 0 heterocycles. The number of carbonyl (C=O) groups is 1. The molecule has 1 aliphatic carbocycles. The first-order chi connectivity index (χ1) is 10.7. The Labute approximate surface area is 136 Å². The fraction of sp³-hybridized carbons (Fsp3) is 0.316. The van der Waals surface area contributed by atoms with Crippen LogP contribution in [0.1, 0.15) is 24.8 Å². The second-order valence-electron chi connectivity index (χ2n) is 5.91. The molecule has 0 radical (unpaired) electrons. The van der Waals surface area contributed by atoms with E-state index >= 15 is 0 Å². The molecule has 114 valence electrons. The molecule has 22 heavy (non-hydrogen) atoms. The zero-order chi connectivity index (χ0) is 15.4. The van der Waals surface area contributed by atoms with E-state index in [2.05, 4.69) is 41.7 Å². The van der Waals surface area contributed by atoms with Crippen molar-refractivity contribution in [1.82, 2.24) is 5.32 Å². The molecule has 2 aromatic carbocycles. The van der Waals surface area contributed by atoms with E-state index in [4.69, 9.17) is 11.6 Å². The van der Waals surface area contributed by atoms with Gasteiger partial charge in [-0.15, -0.1) is 11.6 Å². The van der Waals surface area contributed by atoms with Gasteiger partial charge < -0.3 is 5.32 Å². The van der Waals surface area contributed by atoms with Crippen LogP contribution in [0.4, 0.5) is 0 Å². The standard InChI is InChI=1S/C19H20ClNO/c20-17(13-19(22)21-18-10-11-18)12-14-6-8-16(9-7-14)15-4-2-1-3-5-15/h1-9,17-18H,10-13H2,(H,21,22). The fourth-order valence-electron chi connectivity index (χ4n) is 2.51. The lowest BCUT2D eigenvalue weighted by Crippen LogP contribution is -2.28. The summed E-state index contributed by atoms with van der Waals surface area (Å²) < 4.78 is 0. The third-order valence-corrected chi connectivity index (χ3v) is 4.18. The number of benzene rings is 2. The van der Waals surface area contributed by atoms with Gasteiger partial charge in [-0.3, -0.25) is 4.79 Å². The molecule has 0 bridgehead atoms. The Bertz CT molecular complexity index is 620. The molecule has 3 heteroatoms. The predicted molar refractivity (Wildman–Crippen MR) is 91.0 cm³/mol. The maximum absolute atomic E-state index is 11.7. The number of hydrogen-bond donors (Lipinski definition) is 1. The van der Waals surface area contributed by atoms with Crippen LogP contribution in [0, 0.1) is 0 Å². The van der Waals surface area contributed by atoms with Crippen LogP contribution in [-0.4, -0.2) is 17.3 Å². The quantitative estimate of drug-likeness (QED) is 0.797. The van der Waals surface area contributed by atoms with Gasteiger partial charge in [0.15, 0.2) is 0 Å². The summed E-state index contributed by atoms with van der Waals surface area (Å²) in [4.78, 5) is 11.7. The summed E-state index contributed by atoms with van der Waals surface area (Å²) in [5.74, 6) is 0.0726. The van der Waals surface area contributed by atoms with Gasteiger partial charge in [0, 0.05) is 17.8 Å². The number of alkyl halides is 1. The van der Waals surface area contributed by atoms with Crippen LogP contribution in [0.5, 0.6) is 0 Å². The summed E-state index contributed by atoms with van der Waals surface area (Å²) in [6, 6.07) is 19.1. The zero-order valence-electron chi connectivity index (χ0n) is 12.5. The van der Waals surface area contributed by atoms with Gasteiger partial charge in [0.1, 0.15) is 0 Å². The van der Waals surface area contributed by atoms with Crippen LogP contribution in [0.3, 0.4) is 0 Å². The highest BCUT2D eigenvalue weighted by Crippen LogP contribution is 2.22. The highest BCUT2D eigenvalue weighted by molar-refractivity contribution is 6.21. The molecule has 2 nitrogen and oxygen atoms in total. The summed E-state index contributed by atoms with van der Waals surface area (Å²) in [6.45, 7) is 0. The van der Waals surface area contributed by atoms with Crippen LogP contribution in [0.15, 0.2) is 54.6 Å². The second kappa shape index (κ2) is 6.97. The van der Waals surface area contributed by atoms with Crippen molar-refractivity contribution in [2.24, 2.45) is 0 Å². The number of halogens is 1. The summed E-state index contributed by atoms with van der Waals surface area (Å²) in [5.41, 5.74) is 3.57. The maximum atomic E-state index is 11.7. The summed E-state index contributed by atoms with van der Waals surface area (Å²) in [6.07, 6.45) is 3.33. The summed E-state index contributed by atoms with van der Waals surface area (Å²) in [5, 5.41) is 2.83. The Hall–Kier alpha value is -1.80. The number of amides is 1. The Kier molecular flexibility index (Phi) is 4.79. The number of carbonyl (C=O) groups excluding carboxylic acids is 1. The molecule has 1 N–H and O–H groups in total. The van der Waals surface area contributed by atoms with Gasteiger partial charge in [-0.05, 0) is 36.0 Å². The molecule has 1 saturated carbocycles. The Morgan fingerprint density at radius 1 is 1.05 bits per heavy atom. The van der Waals surface area contributed by atoms with Gasteiger partial charge in [-0.2, -0.15) is 0 Å². The molecular formula is C19H20ClNO. The van der Waals surface area contributed by atoms with E-state index in [1.807, 2.05) is 18.2 Å². The van der Waals surface area contributed by atoms with Crippen LogP contribution in [-0.2, 0) is 11.2 Å². The lowest BCUT2D eigenvalue weighted by Gasteiger charge is -2.10. The van der Waals surface area contributed by atoms with Crippen LogP contribution in [0.25, 0.3) is 11.1 Å². The normalized spacial score (nSPS) is 15.3. The summed E-state index contributed by atoms with van der Waals surface area (Å²) in [7, 11) is 0. The monoisotopic (exact) mass is 313 g/mol. The smallest absolute Gasteiger partial charge is 0.221 e. The first-order valence-electron chi connectivity index (χ1n) is 7.78. The molecule has 3 rings (SSSR count). The van der Waals surface area contributed by atoms with Gasteiger partial charge in [-0.25, -0.2) is 0 Å². The van der Waals surface area contributed by atoms with E-state index in [0.717, 1.165) is 12.8 Å². The van der Waals surface area contributed by atoms with Crippen molar-refractivity contribution in [3.8, 4) is 11.1 Å². The average molecular weight is 314 g/mol. The van der Waals surface area contributed by atoms with E-state index < -0.39 is 0 Å². The molecule has 1 atom stereocenters. The highest BCUT2D eigenvalue weighted by Gasteiger charge is 2.24. The van der Waals surface area contributed by atoms with Crippen molar-refractivity contribution in [3.05, 3.63) is 60.2 Å². The maximum Gasteiger partial charge on any atom is 0.221 e. The lowest BCUT2D eigenvalue weighted by molar-refractivity contribution is -0.121. The minimum absolute atomic E-state index is 0.0726. The third-order valence-electron chi connectivity index (χ3n) is 3.87. The average Bonchev–Trinajstić information content (AvgIpc) is 3.32. The second-order valence-corrected chi connectivity index (χ2v) is 6.53. The van der Waals surface area contributed by atoms with Crippen LogP contribution < -0.4 is 5.32 Å². The molecule has 1 amide bonds. The van der Waals surface area contributed by atoms with Crippen molar-refractivity contribution < 1.29 is 4.79 Å². The molecule has 1 aliphatic rings. The number of rotatable bonds is 6. The van der Waals surface area contributed by atoms with Gasteiger partial charge in [0.05, 0.1) is 0 Å². The first kappa shape index (κ1) is 15.1. The van der Waals surface area contributed by atoms with Crippen molar-refractivity contribution in [1.29, 1.82) is 0 Å². The van der Waals surface area contributed by atoms with Crippen molar-refractivity contribution >= 4 is 17.5 Å². The minimum Gasteiger partial charge on any atom is -0.353 e. The van der Waals surface area contributed by atoms with E-state index in [1.165, 1.54) is 16.7 Å². The zero-order valence-corrected chi connectivity index (χ0v) is 13.2. The molecular weight excluding hydrogens is 294 g/mol. The van der Waals surface area contributed by atoms with Crippen molar-refractivity contribution in [3.63, 3.8) is 0 Å². The molecule has 2 aromatic rings. The van der Waals surface area contributed by atoms with E-state index in [9.17, 15) is 4.79 Å². The summed E-state index contributed by atoms with van der Waals surface area (Å²) >= 11 is 6.31.